The lowest BCUT2D eigenvalue weighted by atomic mass is 10.1. The molecule has 0 amide bonds. The average Bonchev–Trinajstić information content (AvgIpc) is 3.11. The predicted octanol–water partition coefficient (Wildman–Crippen LogP) is 5.82. The van der Waals surface area contributed by atoms with Gasteiger partial charge in [0.05, 0.1) is 20.9 Å². The van der Waals surface area contributed by atoms with Crippen molar-refractivity contribution in [3.05, 3.63) is 64.4 Å². The number of aromatic nitrogens is 2. The quantitative estimate of drug-likeness (QED) is 0.353. The van der Waals surface area contributed by atoms with Crippen LogP contribution in [0, 0.1) is 6.92 Å². The molecule has 0 radical (unpaired) electrons. The number of hydrogen-bond donors (Lipinski definition) is 2. The van der Waals surface area contributed by atoms with Gasteiger partial charge in [0.2, 0.25) is 0 Å². The molecule has 4 aromatic rings. The summed E-state index contributed by atoms with van der Waals surface area (Å²) >= 11 is 13.9. The molecule has 10 heteroatoms. The van der Waals surface area contributed by atoms with E-state index in [0.29, 0.717) is 11.1 Å². The summed E-state index contributed by atoms with van der Waals surface area (Å²) in [6, 6.07) is 12.4. The molecule has 6 nitrogen and oxygen atoms in total. The fourth-order valence-corrected chi connectivity index (χ4v) is 6.00. The summed E-state index contributed by atoms with van der Waals surface area (Å²) in [4.78, 5) is 8.64. The fraction of sp³-hybridized carbons (Fsp3) is 0.100. The van der Waals surface area contributed by atoms with E-state index in [1.54, 1.807) is 31.3 Å². The van der Waals surface area contributed by atoms with Crippen molar-refractivity contribution < 1.29 is 8.42 Å². The largest absolute Gasteiger partial charge is 0.365 e. The number of halogens is 2. The van der Waals surface area contributed by atoms with Gasteiger partial charge in [0.25, 0.3) is 10.0 Å². The SMILES string of the molecule is CNc1nc2ccc(-c3cnc(Cl)c(NS(=O)(=O)c4c(C)cccc4Cl)c3)cc2s1. The van der Waals surface area contributed by atoms with Crippen LogP contribution in [0.5, 0.6) is 0 Å². The minimum atomic E-state index is -3.95. The second-order valence-electron chi connectivity index (χ2n) is 6.51. The zero-order chi connectivity index (χ0) is 21.5. The van der Waals surface area contributed by atoms with Gasteiger partial charge >= 0.3 is 0 Å². The Labute approximate surface area is 188 Å². The van der Waals surface area contributed by atoms with E-state index >= 15 is 0 Å². The molecule has 0 unspecified atom stereocenters. The fourth-order valence-electron chi connectivity index (χ4n) is 3.04. The number of nitrogens with zero attached hydrogens (tertiary/aromatic N) is 2. The Hall–Kier alpha value is -2.39. The lowest BCUT2D eigenvalue weighted by molar-refractivity contribution is 0.600. The highest BCUT2D eigenvalue weighted by Crippen LogP contribution is 2.34. The summed E-state index contributed by atoms with van der Waals surface area (Å²) in [6.45, 7) is 1.68. The van der Waals surface area contributed by atoms with E-state index in [-0.39, 0.29) is 20.8 Å². The first-order valence-electron chi connectivity index (χ1n) is 8.80. The molecule has 0 atom stereocenters. The summed E-state index contributed by atoms with van der Waals surface area (Å²) in [6.07, 6.45) is 1.60. The molecule has 2 N–H and O–H groups in total. The van der Waals surface area contributed by atoms with Crippen molar-refractivity contribution in [3.63, 3.8) is 0 Å². The van der Waals surface area contributed by atoms with Crippen molar-refractivity contribution in [1.82, 2.24) is 9.97 Å². The van der Waals surface area contributed by atoms with Crippen molar-refractivity contribution >= 4 is 65.6 Å². The zero-order valence-electron chi connectivity index (χ0n) is 15.9. The van der Waals surface area contributed by atoms with Crippen LogP contribution in [0.3, 0.4) is 0 Å². The summed E-state index contributed by atoms with van der Waals surface area (Å²) in [7, 11) is -2.13. The van der Waals surface area contributed by atoms with Crippen molar-refractivity contribution in [2.45, 2.75) is 11.8 Å². The molecule has 0 saturated carbocycles. The molecule has 0 bridgehead atoms. The number of thiazole rings is 1. The van der Waals surface area contributed by atoms with Gasteiger partial charge in [-0.15, -0.1) is 0 Å². The highest BCUT2D eigenvalue weighted by Gasteiger charge is 2.22. The van der Waals surface area contributed by atoms with Gasteiger partial charge in [0.1, 0.15) is 4.90 Å². The number of sulfonamides is 1. The Morgan fingerprint density at radius 3 is 2.60 bits per heavy atom. The van der Waals surface area contributed by atoms with Crippen LogP contribution < -0.4 is 10.0 Å². The molecule has 0 fully saturated rings. The van der Waals surface area contributed by atoms with Crippen molar-refractivity contribution in [2.24, 2.45) is 0 Å². The highest BCUT2D eigenvalue weighted by atomic mass is 35.5. The standard InChI is InChI=1S/C20H16Cl2N4O2S2/c1-11-4-3-5-14(21)18(11)30(27,28)26-16-8-13(10-24-19(16)22)12-6-7-15-17(9-12)29-20(23-2)25-15/h3-10,26H,1-2H3,(H,23,25). The van der Waals surface area contributed by atoms with Crippen molar-refractivity contribution in [3.8, 4) is 11.1 Å². The van der Waals surface area contributed by atoms with Crippen LogP contribution in [0.15, 0.2) is 53.6 Å². The Balaban J connectivity index is 1.73. The lowest BCUT2D eigenvalue weighted by Gasteiger charge is -2.13. The van der Waals surface area contributed by atoms with Gasteiger partial charge in [-0.05, 0) is 42.3 Å². The monoisotopic (exact) mass is 478 g/mol. The van der Waals surface area contributed by atoms with Gasteiger partial charge < -0.3 is 5.32 Å². The number of anilines is 2. The van der Waals surface area contributed by atoms with Crippen LogP contribution in [-0.4, -0.2) is 25.4 Å². The number of fused-ring (bicyclic) bond motifs is 1. The van der Waals surface area contributed by atoms with Crippen LogP contribution in [0.4, 0.5) is 10.8 Å². The van der Waals surface area contributed by atoms with Gasteiger partial charge in [-0.3, -0.25) is 4.72 Å². The van der Waals surface area contributed by atoms with Crippen LogP contribution in [0.25, 0.3) is 21.3 Å². The Bertz CT molecular complexity index is 1350. The first-order valence-corrected chi connectivity index (χ1v) is 11.9. The molecule has 0 aliphatic carbocycles. The van der Waals surface area contributed by atoms with E-state index < -0.39 is 10.0 Å². The van der Waals surface area contributed by atoms with E-state index in [2.05, 4.69) is 20.0 Å². The maximum absolute atomic E-state index is 13.0. The minimum Gasteiger partial charge on any atom is -0.365 e. The molecule has 2 aromatic carbocycles. The number of aryl methyl sites for hydroxylation is 1. The minimum absolute atomic E-state index is 0.0128. The third-order valence-electron chi connectivity index (χ3n) is 4.45. The smallest absolute Gasteiger partial charge is 0.263 e. The first-order chi connectivity index (χ1) is 14.3. The molecule has 2 aromatic heterocycles. The Morgan fingerprint density at radius 1 is 1.07 bits per heavy atom. The van der Waals surface area contributed by atoms with Gasteiger partial charge in [0.15, 0.2) is 10.3 Å². The predicted molar refractivity (Wildman–Crippen MR) is 124 cm³/mol. The molecule has 154 valence electrons. The second kappa shape index (κ2) is 8.03. The Morgan fingerprint density at radius 2 is 1.87 bits per heavy atom. The van der Waals surface area contributed by atoms with Crippen molar-refractivity contribution in [1.29, 1.82) is 0 Å². The van der Waals surface area contributed by atoms with E-state index in [1.165, 1.54) is 17.4 Å². The van der Waals surface area contributed by atoms with Crippen LogP contribution in [-0.2, 0) is 10.0 Å². The van der Waals surface area contributed by atoms with Crippen LogP contribution in [0.1, 0.15) is 5.56 Å². The topological polar surface area (TPSA) is 84.0 Å². The number of hydrogen-bond acceptors (Lipinski definition) is 6. The first kappa shape index (κ1) is 20.9. The molecule has 0 aliphatic heterocycles. The van der Waals surface area contributed by atoms with Gasteiger partial charge in [-0.25, -0.2) is 18.4 Å². The molecule has 30 heavy (non-hydrogen) atoms. The normalized spacial score (nSPS) is 11.6. The molecular weight excluding hydrogens is 463 g/mol. The van der Waals surface area contributed by atoms with E-state index in [4.69, 9.17) is 23.2 Å². The van der Waals surface area contributed by atoms with Crippen LogP contribution in [0.2, 0.25) is 10.2 Å². The Kier molecular flexibility index (Phi) is 5.59. The molecule has 0 spiro atoms. The third kappa shape index (κ3) is 3.96. The van der Waals surface area contributed by atoms with E-state index in [9.17, 15) is 8.42 Å². The van der Waals surface area contributed by atoms with E-state index in [1.807, 2.05) is 25.2 Å². The van der Waals surface area contributed by atoms with Gasteiger partial charge in [-0.2, -0.15) is 0 Å². The second-order valence-corrected chi connectivity index (χ2v) is 9.92. The number of rotatable bonds is 5. The number of nitrogens with one attached hydrogen (secondary N) is 2. The third-order valence-corrected chi connectivity index (χ3v) is 7.78. The molecular formula is C20H16Cl2N4O2S2. The molecule has 2 heterocycles. The maximum Gasteiger partial charge on any atom is 0.263 e. The number of pyridine rings is 1. The maximum atomic E-state index is 13.0. The van der Waals surface area contributed by atoms with E-state index in [0.717, 1.165) is 20.9 Å². The lowest BCUT2D eigenvalue weighted by Crippen LogP contribution is -2.15. The summed E-state index contributed by atoms with van der Waals surface area (Å²) in [5.41, 5.74) is 3.17. The molecule has 4 rings (SSSR count). The van der Waals surface area contributed by atoms with Crippen molar-refractivity contribution in [2.75, 3.05) is 17.1 Å². The zero-order valence-corrected chi connectivity index (χ0v) is 19.0. The van der Waals surface area contributed by atoms with Gasteiger partial charge in [-0.1, -0.05) is 52.7 Å². The summed E-state index contributed by atoms with van der Waals surface area (Å²) in [5.74, 6) is 0. The van der Waals surface area contributed by atoms with Gasteiger partial charge in [0, 0.05) is 18.8 Å². The summed E-state index contributed by atoms with van der Waals surface area (Å²) in [5, 5.41) is 4.03. The average molecular weight is 479 g/mol. The molecule has 0 aliphatic rings. The number of benzene rings is 2. The van der Waals surface area contributed by atoms with Crippen LogP contribution >= 0.6 is 34.5 Å². The molecule has 0 saturated heterocycles. The highest BCUT2D eigenvalue weighted by molar-refractivity contribution is 7.93. The summed E-state index contributed by atoms with van der Waals surface area (Å²) < 4.78 is 29.4.